The van der Waals surface area contributed by atoms with E-state index >= 15 is 0 Å². The van der Waals surface area contributed by atoms with Crippen LogP contribution in [0.4, 0.5) is 5.69 Å². The number of imidazole rings is 1. The zero-order valence-electron chi connectivity index (χ0n) is 21.4. The summed E-state index contributed by atoms with van der Waals surface area (Å²) in [7, 11) is 0. The van der Waals surface area contributed by atoms with Gasteiger partial charge in [-0.25, -0.2) is 4.98 Å². The highest BCUT2D eigenvalue weighted by Gasteiger charge is 2.25. The summed E-state index contributed by atoms with van der Waals surface area (Å²) in [6.07, 6.45) is 2.39. The van der Waals surface area contributed by atoms with E-state index in [2.05, 4.69) is 92.5 Å². The number of aromatic nitrogens is 2. The maximum atomic E-state index is 13.5. The second kappa shape index (κ2) is 9.21. The number of aryl methyl sites for hydroxylation is 4. The number of fused-ring (bicyclic) bond motifs is 1. The van der Waals surface area contributed by atoms with Crippen LogP contribution in [0, 0.1) is 34.6 Å². The molecular weight excluding hydrogens is 432 g/mol. The summed E-state index contributed by atoms with van der Waals surface area (Å²) < 4.78 is 2.09. The van der Waals surface area contributed by atoms with E-state index in [9.17, 15) is 4.79 Å². The molecule has 1 saturated heterocycles. The third kappa shape index (κ3) is 4.43. The van der Waals surface area contributed by atoms with Crippen LogP contribution in [-0.4, -0.2) is 46.4 Å². The normalized spacial score (nSPS) is 14.1. The molecule has 0 radical (unpaired) electrons. The Kier molecular flexibility index (Phi) is 6.10. The summed E-state index contributed by atoms with van der Waals surface area (Å²) in [4.78, 5) is 22.9. The van der Waals surface area contributed by atoms with Gasteiger partial charge in [0.25, 0.3) is 0 Å². The third-order valence-corrected chi connectivity index (χ3v) is 7.53. The fourth-order valence-corrected chi connectivity index (χ4v) is 5.02. The SMILES string of the molecule is Cc1ccn2c(CC(=O)N3CCN(c4cccc(C)c4C)CC3)c(-c3ccc(C)c(C)c3)nc2c1. The minimum absolute atomic E-state index is 0.165. The van der Waals surface area contributed by atoms with E-state index in [0.29, 0.717) is 6.42 Å². The van der Waals surface area contributed by atoms with Gasteiger partial charge in [-0.15, -0.1) is 0 Å². The summed E-state index contributed by atoms with van der Waals surface area (Å²) >= 11 is 0. The lowest BCUT2D eigenvalue weighted by molar-refractivity contribution is -0.130. The zero-order chi connectivity index (χ0) is 24.7. The Morgan fingerprint density at radius 2 is 1.63 bits per heavy atom. The van der Waals surface area contributed by atoms with Gasteiger partial charge in [-0.05, 0) is 86.7 Å². The van der Waals surface area contributed by atoms with Gasteiger partial charge in [0.2, 0.25) is 5.91 Å². The van der Waals surface area contributed by atoms with Crippen LogP contribution in [-0.2, 0) is 11.2 Å². The number of rotatable bonds is 4. The van der Waals surface area contributed by atoms with E-state index in [1.807, 2.05) is 11.1 Å². The van der Waals surface area contributed by atoms with Crippen LogP contribution in [0.2, 0.25) is 0 Å². The van der Waals surface area contributed by atoms with Gasteiger partial charge in [-0.2, -0.15) is 0 Å². The standard InChI is InChI=1S/C30H34N4O/c1-20-11-12-34-27(30(31-28(34)17-20)25-10-9-21(2)23(4)18-25)19-29(35)33-15-13-32(14-16-33)26-8-6-7-22(3)24(26)5/h6-12,17-18H,13-16,19H2,1-5H3. The molecule has 0 N–H and O–H groups in total. The van der Waals surface area contributed by atoms with Crippen molar-refractivity contribution in [1.29, 1.82) is 0 Å². The van der Waals surface area contributed by atoms with Gasteiger partial charge >= 0.3 is 0 Å². The molecular formula is C30H34N4O. The van der Waals surface area contributed by atoms with Gasteiger partial charge in [0, 0.05) is 43.6 Å². The Morgan fingerprint density at radius 1 is 0.857 bits per heavy atom. The number of carbonyl (C=O) groups is 1. The molecule has 4 aromatic rings. The first-order chi connectivity index (χ1) is 16.8. The molecule has 1 fully saturated rings. The minimum Gasteiger partial charge on any atom is -0.368 e. The van der Waals surface area contributed by atoms with E-state index < -0.39 is 0 Å². The van der Waals surface area contributed by atoms with E-state index in [0.717, 1.165) is 54.3 Å². The largest absolute Gasteiger partial charge is 0.368 e. The van der Waals surface area contributed by atoms with Crippen molar-refractivity contribution in [3.63, 3.8) is 0 Å². The van der Waals surface area contributed by atoms with Crippen LogP contribution >= 0.6 is 0 Å². The predicted octanol–water partition coefficient (Wildman–Crippen LogP) is 5.43. The van der Waals surface area contributed by atoms with Gasteiger partial charge in [0.05, 0.1) is 17.8 Å². The van der Waals surface area contributed by atoms with Crippen molar-refractivity contribution >= 4 is 17.2 Å². The number of hydrogen-bond acceptors (Lipinski definition) is 3. The molecule has 0 aliphatic carbocycles. The minimum atomic E-state index is 0.165. The van der Waals surface area contributed by atoms with Crippen LogP contribution < -0.4 is 4.90 Å². The monoisotopic (exact) mass is 466 g/mol. The van der Waals surface area contributed by atoms with E-state index in [1.54, 1.807) is 0 Å². The molecule has 0 saturated carbocycles. The molecule has 2 aromatic carbocycles. The first-order valence-electron chi connectivity index (χ1n) is 12.5. The summed E-state index contributed by atoms with van der Waals surface area (Å²) in [6.45, 7) is 13.8. The first kappa shape index (κ1) is 23.2. The maximum Gasteiger partial charge on any atom is 0.228 e. The molecule has 2 aromatic heterocycles. The van der Waals surface area contributed by atoms with Crippen molar-refractivity contribution in [1.82, 2.24) is 14.3 Å². The quantitative estimate of drug-likeness (QED) is 0.402. The first-order valence-corrected chi connectivity index (χ1v) is 12.5. The lowest BCUT2D eigenvalue weighted by atomic mass is 10.0. The van der Waals surface area contributed by atoms with Crippen molar-refractivity contribution in [3.8, 4) is 11.3 Å². The van der Waals surface area contributed by atoms with Crippen molar-refractivity contribution in [2.24, 2.45) is 0 Å². The molecule has 5 heteroatoms. The number of carbonyl (C=O) groups excluding carboxylic acids is 1. The maximum absolute atomic E-state index is 13.5. The topological polar surface area (TPSA) is 40.9 Å². The summed E-state index contributed by atoms with van der Waals surface area (Å²) in [6, 6.07) is 17.1. The second-order valence-corrected chi connectivity index (χ2v) is 9.90. The molecule has 0 spiro atoms. The van der Waals surface area contributed by atoms with Gasteiger partial charge < -0.3 is 14.2 Å². The number of piperazine rings is 1. The number of amides is 1. The Balaban J connectivity index is 1.40. The lowest BCUT2D eigenvalue weighted by Crippen LogP contribution is -2.49. The smallest absolute Gasteiger partial charge is 0.228 e. The highest BCUT2D eigenvalue weighted by Crippen LogP contribution is 2.28. The van der Waals surface area contributed by atoms with Crippen molar-refractivity contribution < 1.29 is 4.79 Å². The average Bonchev–Trinajstić information content (AvgIpc) is 3.19. The van der Waals surface area contributed by atoms with Gasteiger partial charge in [0.1, 0.15) is 5.65 Å². The van der Waals surface area contributed by atoms with Crippen molar-refractivity contribution in [3.05, 3.63) is 88.2 Å². The van der Waals surface area contributed by atoms with Crippen LogP contribution in [0.25, 0.3) is 16.9 Å². The van der Waals surface area contributed by atoms with Crippen molar-refractivity contribution in [2.45, 2.75) is 41.0 Å². The number of nitrogens with zero attached hydrogens (tertiary/aromatic N) is 4. The molecule has 0 bridgehead atoms. The molecule has 180 valence electrons. The molecule has 1 aliphatic rings. The Bertz CT molecular complexity index is 1410. The molecule has 5 rings (SSSR count). The molecule has 0 unspecified atom stereocenters. The number of hydrogen-bond donors (Lipinski definition) is 0. The Morgan fingerprint density at radius 3 is 2.37 bits per heavy atom. The number of anilines is 1. The summed E-state index contributed by atoms with van der Waals surface area (Å²) in [5.41, 5.74) is 11.4. The van der Waals surface area contributed by atoms with Gasteiger partial charge in [-0.1, -0.05) is 24.3 Å². The van der Waals surface area contributed by atoms with Crippen LogP contribution in [0.15, 0.2) is 54.7 Å². The van der Waals surface area contributed by atoms with Crippen LogP contribution in [0.3, 0.4) is 0 Å². The summed E-state index contributed by atoms with van der Waals surface area (Å²) in [5.74, 6) is 0.165. The third-order valence-electron chi connectivity index (χ3n) is 7.53. The molecule has 35 heavy (non-hydrogen) atoms. The molecule has 5 nitrogen and oxygen atoms in total. The lowest BCUT2D eigenvalue weighted by Gasteiger charge is -2.37. The van der Waals surface area contributed by atoms with Crippen molar-refractivity contribution in [2.75, 3.05) is 31.1 Å². The van der Waals surface area contributed by atoms with Crippen LogP contribution in [0.1, 0.15) is 33.5 Å². The molecule has 1 amide bonds. The van der Waals surface area contributed by atoms with Crippen LogP contribution in [0.5, 0.6) is 0 Å². The van der Waals surface area contributed by atoms with E-state index in [4.69, 9.17) is 4.98 Å². The average molecular weight is 467 g/mol. The Hall–Kier alpha value is -3.60. The van der Waals surface area contributed by atoms with Gasteiger partial charge in [0.15, 0.2) is 0 Å². The molecule has 0 atom stereocenters. The highest BCUT2D eigenvalue weighted by molar-refractivity contribution is 5.82. The molecule has 3 heterocycles. The Labute approximate surface area is 208 Å². The van der Waals surface area contributed by atoms with E-state index in [1.165, 1.54) is 27.9 Å². The van der Waals surface area contributed by atoms with Gasteiger partial charge in [-0.3, -0.25) is 4.79 Å². The zero-order valence-corrected chi connectivity index (χ0v) is 21.4. The fraction of sp³-hybridized carbons (Fsp3) is 0.333. The fourth-order valence-electron chi connectivity index (χ4n) is 5.02. The predicted molar refractivity (Wildman–Crippen MR) is 143 cm³/mol. The number of benzene rings is 2. The molecule has 1 aliphatic heterocycles. The van der Waals surface area contributed by atoms with E-state index in [-0.39, 0.29) is 5.91 Å². The second-order valence-electron chi connectivity index (χ2n) is 9.90. The number of pyridine rings is 1. The summed E-state index contributed by atoms with van der Waals surface area (Å²) in [5, 5.41) is 0. The highest BCUT2D eigenvalue weighted by atomic mass is 16.2.